The molecular weight excluding hydrogens is 406 g/mol. The second-order valence-corrected chi connectivity index (χ2v) is 7.77. The van der Waals surface area contributed by atoms with E-state index in [1.165, 1.54) is 14.2 Å². The predicted octanol–water partition coefficient (Wildman–Crippen LogP) is 4.02. The number of fused-ring (bicyclic) bond motifs is 1. The van der Waals surface area contributed by atoms with Crippen molar-refractivity contribution in [1.82, 2.24) is 24.6 Å². The van der Waals surface area contributed by atoms with Crippen LogP contribution in [0.5, 0.6) is 11.9 Å². The number of anilines is 1. The molecule has 0 unspecified atom stereocenters. The Morgan fingerprint density at radius 1 is 1.03 bits per heavy atom. The molecule has 4 rings (SSSR count). The second-order valence-electron chi connectivity index (χ2n) is 7.77. The summed E-state index contributed by atoms with van der Waals surface area (Å²) in [5, 5.41) is 4.61. The fourth-order valence-corrected chi connectivity index (χ4v) is 3.49. The number of nitrogens with zero attached hydrogens (tertiary/aromatic N) is 6. The van der Waals surface area contributed by atoms with Crippen molar-refractivity contribution >= 4 is 11.3 Å². The number of ether oxygens (including phenoxy) is 2. The third kappa shape index (κ3) is 3.86. The monoisotopic (exact) mass is 434 g/mol. The molecule has 1 fully saturated rings. The zero-order valence-corrected chi connectivity index (χ0v) is 18.9. The lowest BCUT2D eigenvalue weighted by Gasteiger charge is -2.24. The minimum Gasteiger partial charge on any atom is -0.480 e. The average Bonchev–Trinajstić information content (AvgIpc) is 3.28. The lowest BCUT2D eigenvalue weighted by atomic mass is 9.89. The molecule has 31 heavy (non-hydrogen) atoms. The van der Waals surface area contributed by atoms with Crippen LogP contribution in [-0.2, 0) is 0 Å². The molecule has 0 N–H and O–H groups in total. The number of aromatic nitrogens is 5. The van der Waals surface area contributed by atoms with Gasteiger partial charge >= 0.3 is 6.01 Å². The van der Waals surface area contributed by atoms with E-state index in [1.807, 2.05) is 20.8 Å². The highest BCUT2D eigenvalue weighted by Crippen LogP contribution is 2.45. The highest BCUT2D eigenvalue weighted by molar-refractivity contribution is 5.77. The van der Waals surface area contributed by atoms with Crippen LogP contribution in [0.15, 0.2) is 18.5 Å². The maximum atomic E-state index is 14.4. The van der Waals surface area contributed by atoms with Gasteiger partial charge < -0.3 is 14.4 Å². The van der Waals surface area contributed by atoms with Gasteiger partial charge in [0.1, 0.15) is 11.2 Å². The summed E-state index contributed by atoms with van der Waals surface area (Å²) in [6, 6.07) is 1.96. The topological polar surface area (TPSA) is 77.7 Å². The average molecular weight is 434 g/mol. The minimum absolute atomic E-state index is 0.175. The first kappa shape index (κ1) is 22.6. The van der Waals surface area contributed by atoms with Crippen molar-refractivity contribution in [2.75, 3.05) is 32.2 Å². The van der Waals surface area contributed by atoms with Crippen LogP contribution in [0.1, 0.15) is 33.4 Å². The van der Waals surface area contributed by atoms with E-state index >= 15 is 0 Å². The third-order valence-corrected chi connectivity index (χ3v) is 5.30. The number of aryl methyl sites for hydroxylation is 1. The van der Waals surface area contributed by atoms with E-state index < -0.39 is 11.3 Å². The minimum atomic E-state index is -2.81. The normalized spacial score (nSPS) is 16.7. The lowest BCUT2D eigenvalue weighted by molar-refractivity contribution is -0.0642. The van der Waals surface area contributed by atoms with Crippen LogP contribution in [0, 0.1) is 12.3 Å². The van der Waals surface area contributed by atoms with Gasteiger partial charge in [-0.1, -0.05) is 27.7 Å². The van der Waals surface area contributed by atoms with E-state index in [2.05, 4.69) is 20.1 Å². The van der Waals surface area contributed by atoms with Crippen molar-refractivity contribution in [3.05, 3.63) is 24.2 Å². The molecule has 0 amide bonds. The number of hydrogen-bond acceptors (Lipinski definition) is 7. The number of rotatable bonds is 4. The summed E-state index contributed by atoms with van der Waals surface area (Å²) in [7, 11) is 2.96. The fourth-order valence-electron chi connectivity index (χ4n) is 3.49. The van der Waals surface area contributed by atoms with E-state index in [1.54, 1.807) is 41.7 Å². The van der Waals surface area contributed by atoms with Crippen LogP contribution in [0.25, 0.3) is 16.8 Å². The molecule has 0 spiro atoms. The molecular formula is C21H28F2N6O2. The van der Waals surface area contributed by atoms with Crippen molar-refractivity contribution in [1.29, 1.82) is 0 Å². The summed E-state index contributed by atoms with van der Waals surface area (Å²) in [6.45, 7) is 8.80. The Kier molecular flexibility index (Phi) is 6.02. The summed E-state index contributed by atoms with van der Waals surface area (Å²) in [5.41, 5.74) is 1.37. The molecule has 0 radical (unpaired) electrons. The molecule has 3 aromatic rings. The van der Waals surface area contributed by atoms with Crippen LogP contribution in [0.3, 0.4) is 0 Å². The molecule has 1 aliphatic rings. The van der Waals surface area contributed by atoms with Crippen molar-refractivity contribution in [3.8, 4) is 23.1 Å². The van der Waals surface area contributed by atoms with Crippen LogP contribution in [-0.4, -0.2) is 57.8 Å². The Labute approximate surface area is 180 Å². The van der Waals surface area contributed by atoms with Crippen LogP contribution >= 0.6 is 0 Å². The Balaban J connectivity index is 0.00000132. The molecule has 4 heterocycles. The maximum Gasteiger partial charge on any atom is 0.319 e. The molecule has 1 saturated heterocycles. The van der Waals surface area contributed by atoms with E-state index in [0.717, 1.165) is 5.69 Å². The van der Waals surface area contributed by atoms with E-state index in [0.29, 0.717) is 28.5 Å². The first-order valence-corrected chi connectivity index (χ1v) is 10.1. The second kappa shape index (κ2) is 8.24. The van der Waals surface area contributed by atoms with Gasteiger partial charge in [-0.3, -0.25) is 0 Å². The molecule has 0 bridgehead atoms. The van der Waals surface area contributed by atoms with Gasteiger partial charge in [-0.15, -0.1) is 0 Å². The summed E-state index contributed by atoms with van der Waals surface area (Å²) in [4.78, 5) is 14.4. The fraction of sp³-hybridized carbons (Fsp3) is 0.524. The highest BCUT2D eigenvalue weighted by atomic mass is 19.3. The molecule has 168 valence electrons. The van der Waals surface area contributed by atoms with Crippen LogP contribution in [0.4, 0.5) is 14.6 Å². The zero-order valence-electron chi connectivity index (χ0n) is 18.9. The van der Waals surface area contributed by atoms with Gasteiger partial charge in [0.15, 0.2) is 5.82 Å². The van der Waals surface area contributed by atoms with Gasteiger partial charge in [0, 0.05) is 18.2 Å². The quantitative estimate of drug-likeness (QED) is 0.614. The molecule has 0 atom stereocenters. The Morgan fingerprint density at radius 2 is 1.74 bits per heavy atom. The van der Waals surface area contributed by atoms with E-state index in [4.69, 9.17) is 9.47 Å². The van der Waals surface area contributed by atoms with Crippen molar-refractivity contribution < 1.29 is 18.3 Å². The summed E-state index contributed by atoms with van der Waals surface area (Å²) in [5.74, 6) is -2.04. The molecule has 8 nitrogen and oxygen atoms in total. The summed E-state index contributed by atoms with van der Waals surface area (Å²) < 4.78 is 41.0. The number of methoxy groups -OCH3 is 2. The first-order chi connectivity index (χ1) is 14.7. The van der Waals surface area contributed by atoms with Gasteiger partial charge in [0.2, 0.25) is 5.88 Å². The molecule has 3 aromatic heterocycles. The summed E-state index contributed by atoms with van der Waals surface area (Å²) >= 11 is 0. The first-order valence-electron chi connectivity index (χ1n) is 10.1. The predicted molar refractivity (Wildman–Crippen MR) is 114 cm³/mol. The van der Waals surface area contributed by atoms with Gasteiger partial charge in [-0.05, 0) is 13.0 Å². The molecule has 0 aromatic carbocycles. The Hall–Kier alpha value is -3.04. The van der Waals surface area contributed by atoms with Gasteiger partial charge in [-0.2, -0.15) is 10.1 Å². The van der Waals surface area contributed by atoms with Crippen molar-refractivity contribution in [2.24, 2.45) is 5.41 Å². The van der Waals surface area contributed by atoms with Gasteiger partial charge in [0.05, 0.1) is 38.2 Å². The van der Waals surface area contributed by atoms with E-state index in [9.17, 15) is 8.78 Å². The van der Waals surface area contributed by atoms with Gasteiger partial charge in [0.25, 0.3) is 5.92 Å². The molecule has 10 heteroatoms. The van der Waals surface area contributed by atoms with Crippen molar-refractivity contribution in [2.45, 2.75) is 40.5 Å². The number of halogens is 2. The highest BCUT2D eigenvalue weighted by Gasteiger charge is 2.54. The molecule has 0 saturated carbocycles. The summed E-state index contributed by atoms with van der Waals surface area (Å²) in [6.07, 6.45) is 3.19. The third-order valence-electron chi connectivity index (χ3n) is 5.30. The molecule has 1 aliphatic heterocycles. The molecule has 0 aliphatic carbocycles. The SMILES string of the molecule is CC.COc1ncc(-c2cc3c(N4CC(C)(C)C(F)(F)C4)ncc(C)n3n2)c(OC)n1. The van der Waals surface area contributed by atoms with Crippen LogP contribution in [0.2, 0.25) is 0 Å². The van der Waals surface area contributed by atoms with Gasteiger partial charge in [-0.25, -0.2) is 23.3 Å². The number of hydrogen-bond donors (Lipinski definition) is 0. The van der Waals surface area contributed by atoms with E-state index in [-0.39, 0.29) is 19.1 Å². The smallest absolute Gasteiger partial charge is 0.319 e. The zero-order chi connectivity index (χ0) is 23.0. The maximum absolute atomic E-state index is 14.4. The van der Waals surface area contributed by atoms with Crippen LogP contribution < -0.4 is 14.4 Å². The lowest BCUT2D eigenvalue weighted by Crippen LogP contribution is -2.34. The van der Waals surface area contributed by atoms with Crippen molar-refractivity contribution in [3.63, 3.8) is 0 Å². The Bertz CT molecular complexity index is 1070. The number of alkyl halides is 2. The largest absolute Gasteiger partial charge is 0.480 e. The Morgan fingerprint density at radius 3 is 2.32 bits per heavy atom. The standard InChI is InChI=1S/C19H22F2N6O2.C2H6/c1-11-7-22-15(26-9-18(2,3)19(20,21)10-26)14-6-13(25-27(11)14)12-8-23-17(29-5)24-16(12)28-4;1-2/h6-8H,9-10H2,1-5H3;1-2H3.